The molecule has 1 aliphatic rings. The maximum absolute atomic E-state index is 6.41. The maximum atomic E-state index is 6.41. The molecule has 0 radical (unpaired) electrons. The van der Waals surface area contributed by atoms with Crippen LogP contribution in [0.4, 0.5) is 5.69 Å². The Kier molecular flexibility index (Phi) is 7.19. The van der Waals surface area contributed by atoms with Crippen molar-refractivity contribution in [1.29, 1.82) is 0 Å². The number of nitrogens with one attached hydrogen (secondary N) is 1. The molecule has 38 heavy (non-hydrogen) atoms. The predicted molar refractivity (Wildman–Crippen MR) is 154 cm³/mol. The second kappa shape index (κ2) is 10.6. The molecule has 196 valence electrons. The molecule has 0 bridgehead atoms. The molecule has 2 atom stereocenters. The molecule has 0 aliphatic carbocycles. The lowest BCUT2D eigenvalue weighted by molar-refractivity contribution is 0.394. The Morgan fingerprint density at radius 3 is 2.37 bits per heavy atom. The van der Waals surface area contributed by atoms with Gasteiger partial charge in [-0.15, -0.1) is 0 Å². The van der Waals surface area contributed by atoms with Crippen molar-refractivity contribution in [3.05, 3.63) is 94.5 Å². The third-order valence-electron chi connectivity index (χ3n) is 6.92. The number of methoxy groups -OCH3 is 3. The highest BCUT2D eigenvalue weighted by molar-refractivity contribution is 7.80. The number of pyridine rings is 1. The zero-order chi connectivity index (χ0) is 27.0. The smallest absolute Gasteiger partial charge is 0.174 e. The number of aromatic nitrogens is 2. The summed E-state index contributed by atoms with van der Waals surface area (Å²) in [4.78, 5) is 6.79. The first-order chi connectivity index (χ1) is 18.4. The average molecular weight is 549 g/mol. The van der Waals surface area contributed by atoms with Crippen LogP contribution in [-0.2, 0) is 0 Å². The number of thiocarbonyl (C=S) groups is 1. The Morgan fingerprint density at radius 1 is 0.895 bits per heavy atom. The summed E-state index contributed by atoms with van der Waals surface area (Å²) >= 11 is 12.3. The van der Waals surface area contributed by atoms with E-state index < -0.39 is 0 Å². The first-order valence-corrected chi connectivity index (χ1v) is 12.9. The Balaban J connectivity index is 1.72. The molecular formula is C29H29ClN4O3S. The molecule has 0 spiro atoms. The van der Waals surface area contributed by atoms with Gasteiger partial charge in [-0.2, -0.15) is 0 Å². The van der Waals surface area contributed by atoms with Crippen LogP contribution in [0.5, 0.6) is 17.2 Å². The van der Waals surface area contributed by atoms with Crippen LogP contribution in [0.1, 0.15) is 34.7 Å². The van der Waals surface area contributed by atoms with Gasteiger partial charge >= 0.3 is 0 Å². The van der Waals surface area contributed by atoms with Gasteiger partial charge in [0.2, 0.25) is 0 Å². The van der Waals surface area contributed by atoms with E-state index in [1.165, 1.54) is 0 Å². The highest BCUT2D eigenvalue weighted by Gasteiger charge is 2.43. The number of halogens is 1. The third-order valence-corrected chi connectivity index (χ3v) is 7.46. The minimum absolute atomic E-state index is 0.203. The summed E-state index contributed by atoms with van der Waals surface area (Å²) in [6.07, 6.45) is 1.80. The Labute approximate surface area is 232 Å². The normalized spacial score (nSPS) is 16.9. The molecule has 2 aromatic heterocycles. The molecule has 1 N–H and O–H groups in total. The molecule has 3 heterocycles. The summed E-state index contributed by atoms with van der Waals surface area (Å²) in [5, 5.41) is 4.74. The average Bonchev–Trinajstić information content (AvgIpc) is 3.43. The summed E-state index contributed by atoms with van der Waals surface area (Å²) in [6.45, 7) is 4.18. The van der Waals surface area contributed by atoms with Gasteiger partial charge in [0, 0.05) is 28.7 Å². The second-order valence-electron chi connectivity index (χ2n) is 9.01. The van der Waals surface area contributed by atoms with Gasteiger partial charge in [0.05, 0.1) is 50.5 Å². The predicted octanol–water partition coefficient (Wildman–Crippen LogP) is 6.35. The molecular weight excluding hydrogens is 520 g/mol. The van der Waals surface area contributed by atoms with Gasteiger partial charge in [-0.05, 0) is 80.2 Å². The van der Waals surface area contributed by atoms with E-state index in [2.05, 4.69) is 39.7 Å². The van der Waals surface area contributed by atoms with E-state index in [0.717, 1.165) is 39.8 Å². The Bertz CT molecular complexity index is 1490. The number of hydrogen-bond donors (Lipinski definition) is 1. The minimum atomic E-state index is -0.218. The van der Waals surface area contributed by atoms with E-state index in [0.29, 0.717) is 21.6 Å². The van der Waals surface area contributed by atoms with E-state index in [1.54, 1.807) is 27.5 Å². The molecule has 5 rings (SSSR count). The molecule has 1 fully saturated rings. The Morgan fingerprint density at radius 2 is 1.68 bits per heavy atom. The Hall–Kier alpha value is -3.75. The standard InChI is InChI=1S/C29H29ClN4O3S/c1-17-14-21(18(2)33(17)24-15-19(30)9-12-25(24)36-4)28-27(22-8-6-7-13-31-22)32-29(38)34(28)23-11-10-20(35-3)16-26(23)37-5/h6-16,27-28H,1-5H3,(H,32,38)/t27-,28+/m0/s1. The molecule has 7 nitrogen and oxygen atoms in total. The highest BCUT2D eigenvalue weighted by atomic mass is 35.5. The summed E-state index contributed by atoms with van der Waals surface area (Å²) in [7, 11) is 4.94. The van der Waals surface area contributed by atoms with Gasteiger partial charge in [0.1, 0.15) is 17.2 Å². The summed E-state index contributed by atoms with van der Waals surface area (Å²) in [5.41, 5.74) is 5.76. The maximum Gasteiger partial charge on any atom is 0.174 e. The van der Waals surface area contributed by atoms with Crippen molar-refractivity contribution in [1.82, 2.24) is 14.9 Å². The number of anilines is 1. The lowest BCUT2D eigenvalue weighted by atomic mass is 9.96. The number of aryl methyl sites for hydroxylation is 1. The SMILES string of the molecule is COc1ccc(N2C(=S)N[C@@H](c3ccccn3)[C@H]2c2cc(C)n(-c3cc(Cl)ccc3OC)c2C)c(OC)c1. The van der Waals surface area contributed by atoms with Crippen LogP contribution >= 0.6 is 23.8 Å². The van der Waals surface area contributed by atoms with Crippen LogP contribution in [0.2, 0.25) is 5.02 Å². The fraction of sp³-hybridized carbons (Fsp3) is 0.241. The zero-order valence-corrected chi connectivity index (χ0v) is 23.4. The van der Waals surface area contributed by atoms with Gasteiger partial charge in [0.25, 0.3) is 0 Å². The van der Waals surface area contributed by atoms with Crippen molar-refractivity contribution in [3.63, 3.8) is 0 Å². The van der Waals surface area contributed by atoms with Crippen molar-refractivity contribution < 1.29 is 14.2 Å². The van der Waals surface area contributed by atoms with Crippen molar-refractivity contribution in [2.45, 2.75) is 25.9 Å². The van der Waals surface area contributed by atoms with Crippen LogP contribution in [-0.4, -0.2) is 36.0 Å². The van der Waals surface area contributed by atoms with Gasteiger partial charge < -0.3 is 29.0 Å². The lowest BCUT2D eigenvalue weighted by Crippen LogP contribution is -2.30. The summed E-state index contributed by atoms with van der Waals surface area (Å²) in [5.74, 6) is 2.09. The number of ether oxygens (including phenoxy) is 3. The summed E-state index contributed by atoms with van der Waals surface area (Å²) in [6, 6.07) is 19.1. The first-order valence-electron chi connectivity index (χ1n) is 12.1. The van der Waals surface area contributed by atoms with Crippen LogP contribution < -0.4 is 24.4 Å². The highest BCUT2D eigenvalue weighted by Crippen LogP contribution is 2.47. The van der Waals surface area contributed by atoms with Crippen molar-refractivity contribution >= 4 is 34.6 Å². The number of rotatable bonds is 7. The fourth-order valence-corrected chi connectivity index (χ4v) is 5.72. The van der Waals surface area contributed by atoms with Gasteiger partial charge in [-0.3, -0.25) is 4.98 Å². The van der Waals surface area contributed by atoms with E-state index in [1.807, 2.05) is 54.6 Å². The summed E-state index contributed by atoms with van der Waals surface area (Å²) < 4.78 is 19.1. The van der Waals surface area contributed by atoms with Gasteiger partial charge in [0.15, 0.2) is 5.11 Å². The van der Waals surface area contributed by atoms with E-state index in [4.69, 9.17) is 38.0 Å². The molecule has 2 aromatic carbocycles. The number of nitrogens with zero attached hydrogens (tertiary/aromatic N) is 3. The van der Waals surface area contributed by atoms with Crippen LogP contribution in [0.3, 0.4) is 0 Å². The molecule has 0 unspecified atom stereocenters. The van der Waals surface area contributed by atoms with Crippen molar-refractivity contribution in [2.75, 3.05) is 26.2 Å². The van der Waals surface area contributed by atoms with E-state index in [-0.39, 0.29) is 12.1 Å². The fourth-order valence-electron chi connectivity index (χ4n) is 5.21. The molecule has 4 aromatic rings. The second-order valence-corrected chi connectivity index (χ2v) is 9.84. The molecule has 0 amide bonds. The third kappa shape index (κ3) is 4.44. The topological polar surface area (TPSA) is 60.8 Å². The van der Waals surface area contributed by atoms with Gasteiger partial charge in [-0.1, -0.05) is 17.7 Å². The van der Waals surface area contributed by atoms with E-state index in [9.17, 15) is 0 Å². The van der Waals surface area contributed by atoms with E-state index >= 15 is 0 Å². The van der Waals surface area contributed by atoms with Crippen molar-refractivity contribution in [2.24, 2.45) is 0 Å². The molecule has 1 saturated heterocycles. The number of hydrogen-bond acceptors (Lipinski definition) is 5. The lowest BCUT2D eigenvalue weighted by Gasteiger charge is -2.29. The molecule has 1 aliphatic heterocycles. The minimum Gasteiger partial charge on any atom is -0.497 e. The van der Waals surface area contributed by atoms with Gasteiger partial charge in [-0.25, -0.2) is 0 Å². The van der Waals surface area contributed by atoms with Crippen LogP contribution in [0.25, 0.3) is 5.69 Å². The first kappa shape index (κ1) is 25.9. The zero-order valence-electron chi connectivity index (χ0n) is 21.9. The molecule has 0 saturated carbocycles. The quantitative estimate of drug-likeness (QED) is 0.270. The van der Waals surface area contributed by atoms with Crippen molar-refractivity contribution in [3.8, 4) is 22.9 Å². The van der Waals surface area contributed by atoms with Crippen LogP contribution in [0, 0.1) is 13.8 Å². The van der Waals surface area contributed by atoms with Crippen LogP contribution in [0.15, 0.2) is 66.9 Å². The molecule has 9 heteroatoms. The monoisotopic (exact) mass is 548 g/mol. The number of benzene rings is 2. The largest absolute Gasteiger partial charge is 0.497 e.